The molecule has 0 saturated heterocycles. The van der Waals surface area contributed by atoms with Gasteiger partial charge in [0.05, 0.1) is 0 Å². The van der Waals surface area contributed by atoms with Gasteiger partial charge < -0.3 is 9.88 Å². The van der Waals surface area contributed by atoms with E-state index in [1.165, 1.54) is 37.8 Å². The molecule has 0 atom stereocenters. The van der Waals surface area contributed by atoms with Crippen LogP contribution >= 0.6 is 0 Å². The molecule has 0 amide bonds. The molecule has 2 heteroatoms. The van der Waals surface area contributed by atoms with E-state index in [4.69, 9.17) is 0 Å². The first-order chi connectivity index (χ1) is 8.61. The summed E-state index contributed by atoms with van der Waals surface area (Å²) < 4.78 is 2.37. The van der Waals surface area contributed by atoms with E-state index >= 15 is 0 Å². The summed E-state index contributed by atoms with van der Waals surface area (Å²) in [6, 6.07) is 5.13. The first-order valence-corrected chi connectivity index (χ1v) is 7.48. The van der Waals surface area contributed by atoms with Crippen LogP contribution in [0.15, 0.2) is 18.3 Å². The number of nitrogens with zero attached hydrogens (tertiary/aromatic N) is 1. The highest BCUT2D eigenvalue weighted by Gasteiger charge is 2.26. The van der Waals surface area contributed by atoms with Crippen LogP contribution < -0.4 is 5.32 Å². The molecule has 1 aliphatic carbocycles. The van der Waals surface area contributed by atoms with Gasteiger partial charge >= 0.3 is 0 Å². The molecule has 102 valence electrons. The Morgan fingerprint density at radius 3 is 2.72 bits per heavy atom. The molecule has 0 bridgehead atoms. The fourth-order valence-corrected chi connectivity index (χ4v) is 2.92. The largest absolute Gasteiger partial charge is 0.350 e. The van der Waals surface area contributed by atoms with E-state index in [9.17, 15) is 0 Å². The van der Waals surface area contributed by atoms with Gasteiger partial charge in [0.1, 0.15) is 0 Å². The average Bonchev–Trinajstić information content (AvgIpc) is 2.76. The van der Waals surface area contributed by atoms with Gasteiger partial charge in [-0.2, -0.15) is 0 Å². The van der Waals surface area contributed by atoms with Gasteiger partial charge in [0, 0.05) is 31.0 Å². The van der Waals surface area contributed by atoms with Crippen LogP contribution in [0.1, 0.15) is 58.6 Å². The second-order valence-corrected chi connectivity index (χ2v) is 6.51. The van der Waals surface area contributed by atoms with Crippen LogP contribution in [0.25, 0.3) is 0 Å². The highest BCUT2D eigenvalue weighted by atomic mass is 15.0. The van der Waals surface area contributed by atoms with Gasteiger partial charge in [-0.1, -0.05) is 20.8 Å². The Kier molecular flexibility index (Phi) is 4.50. The van der Waals surface area contributed by atoms with Gasteiger partial charge in [-0.25, -0.2) is 0 Å². The van der Waals surface area contributed by atoms with Crippen LogP contribution in [0, 0.1) is 5.41 Å². The van der Waals surface area contributed by atoms with Crippen LogP contribution in [0.3, 0.4) is 0 Å². The molecular weight excluding hydrogens is 220 g/mol. The van der Waals surface area contributed by atoms with Gasteiger partial charge in [0.25, 0.3) is 0 Å². The first kappa shape index (κ1) is 13.7. The third-order valence-corrected chi connectivity index (χ3v) is 4.30. The summed E-state index contributed by atoms with van der Waals surface area (Å²) in [4.78, 5) is 0. The zero-order valence-corrected chi connectivity index (χ0v) is 12.2. The van der Waals surface area contributed by atoms with Crippen LogP contribution in [-0.4, -0.2) is 10.6 Å². The Labute approximate surface area is 112 Å². The fraction of sp³-hybridized carbons (Fsp3) is 0.750. The third-order valence-electron chi connectivity index (χ3n) is 4.30. The van der Waals surface area contributed by atoms with E-state index in [1.54, 1.807) is 0 Å². The van der Waals surface area contributed by atoms with Crippen molar-refractivity contribution in [1.82, 2.24) is 9.88 Å². The standard InChI is InChI=1S/C16H28N2/c1-4-11-18-12-5-6-15(18)13-17-14-7-9-16(2,3)10-8-14/h5-6,12,14,17H,4,7-11,13H2,1-3H3. The van der Waals surface area contributed by atoms with Crippen molar-refractivity contribution in [1.29, 1.82) is 0 Å². The molecule has 2 nitrogen and oxygen atoms in total. The Morgan fingerprint density at radius 1 is 1.33 bits per heavy atom. The average molecular weight is 248 g/mol. The number of aryl methyl sites for hydroxylation is 1. The zero-order valence-electron chi connectivity index (χ0n) is 12.2. The summed E-state index contributed by atoms with van der Waals surface area (Å²) >= 11 is 0. The second kappa shape index (κ2) is 5.92. The van der Waals surface area contributed by atoms with Crippen LogP contribution in [0.2, 0.25) is 0 Å². The Morgan fingerprint density at radius 2 is 2.06 bits per heavy atom. The molecule has 0 spiro atoms. The van der Waals surface area contributed by atoms with Gasteiger partial charge in [-0.3, -0.25) is 0 Å². The van der Waals surface area contributed by atoms with Crippen molar-refractivity contribution in [2.45, 2.75) is 72.0 Å². The predicted octanol–water partition coefficient (Wildman–Crippen LogP) is 3.96. The molecule has 1 aliphatic rings. The summed E-state index contributed by atoms with van der Waals surface area (Å²) in [6.45, 7) is 9.20. The van der Waals surface area contributed by atoms with E-state index in [2.05, 4.69) is 49.0 Å². The molecule has 2 rings (SSSR count). The topological polar surface area (TPSA) is 17.0 Å². The third kappa shape index (κ3) is 3.61. The lowest BCUT2D eigenvalue weighted by molar-refractivity contribution is 0.205. The van der Waals surface area contributed by atoms with Crippen molar-refractivity contribution in [2.24, 2.45) is 5.41 Å². The Hall–Kier alpha value is -0.760. The maximum atomic E-state index is 3.74. The van der Waals surface area contributed by atoms with Crippen molar-refractivity contribution in [3.8, 4) is 0 Å². The van der Waals surface area contributed by atoms with Crippen molar-refractivity contribution >= 4 is 0 Å². The van der Waals surface area contributed by atoms with E-state index < -0.39 is 0 Å². The molecule has 18 heavy (non-hydrogen) atoms. The van der Waals surface area contributed by atoms with Crippen LogP contribution in [0.5, 0.6) is 0 Å². The number of hydrogen-bond donors (Lipinski definition) is 1. The number of aromatic nitrogens is 1. The van der Waals surface area contributed by atoms with E-state index in [1.807, 2.05) is 0 Å². The Balaban J connectivity index is 1.79. The van der Waals surface area contributed by atoms with E-state index in [0.717, 1.165) is 19.1 Å². The molecule has 0 aromatic carbocycles. The normalized spacial score (nSPS) is 20.2. The number of rotatable bonds is 5. The maximum absolute atomic E-state index is 3.74. The fourth-order valence-electron chi connectivity index (χ4n) is 2.92. The zero-order chi connectivity index (χ0) is 13.0. The lowest BCUT2D eigenvalue weighted by Gasteiger charge is -2.34. The summed E-state index contributed by atoms with van der Waals surface area (Å²) in [5.74, 6) is 0. The summed E-state index contributed by atoms with van der Waals surface area (Å²) in [6.07, 6.45) is 8.80. The lowest BCUT2D eigenvalue weighted by atomic mass is 9.75. The highest BCUT2D eigenvalue weighted by molar-refractivity contribution is 5.07. The lowest BCUT2D eigenvalue weighted by Crippen LogP contribution is -2.35. The van der Waals surface area contributed by atoms with Crippen LogP contribution in [0.4, 0.5) is 0 Å². The van der Waals surface area contributed by atoms with Crippen molar-refractivity contribution in [3.05, 3.63) is 24.0 Å². The molecule has 1 N–H and O–H groups in total. The van der Waals surface area contributed by atoms with Crippen molar-refractivity contribution in [2.75, 3.05) is 0 Å². The second-order valence-electron chi connectivity index (χ2n) is 6.51. The molecule has 0 aliphatic heterocycles. The molecule has 1 saturated carbocycles. The molecule has 0 radical (unpaired) electrons. The van der Waals surface area contributed by atoms with Gasteiger partial charge in [0.2, 0.25) is 0 Å². The predicted molar refractivity (Wildman–Crippen MR) is 77.6 cm³/mol. The van der Waals surface area contributed by atoms with Crippen LogP contribution in [-0.2, 0) is 13.1 Å². The smallest absolute Gasteiger partial charge is 0.0361 e. The monoisotopic (exact) mass is 248 g/mol. The first-order valence-electron chi connectivity index (χ1n) is 7.48. The maximum Gasteiger partial charge on any atom is 0.0361 e. The molecule has 0 unspecified atom stereocenters. The van der Waals surface area contributed by atoms with Crippen molar-refractivity contribution < 1.29 is 0 Å². The van der Waals surface area contributed by atoms with Gasteiger partial charge in [0.15, 0.2) is 0 Å². The van der Waals surface area contributed by atoms with Gasteiger partial charge in [-0.15, -0.1) is 0 Å². The number of hydrogen-bond acceptors (Lipinski definition) is 1. The minimum Gasteiger partial charge on any atom is -0.350 e. The molecule has 1 aromatic heterocycles. The Bertz CT molecular complexity index is 355. The number of nitrogens with one attached hydrogen (secondary N) is 1. The minimum absolute atomic E-state index is 0.570. The SMILES string of the molecule is CCCn1cccc1CNC1CCC(C)(C)CC1. The molecular formula is C16H28N2. The molecule has 1 heterocycles. The van der Waals surface area contributed by atoms with Crippen molar-refractivity contribution in [3.63, 3.8) is 0 Å². The molecule has 1 aromatic rings. The quantitative estimate of drug-likeness (QED) is 0.834. The minimum atomic E-state index is 0.570. The summed E-state index contributed by atoms with van der Waals surface area (Å²) in [5.41, 5.74) is 2.00. The summed E-state index contributed by atoms with van der Waals surface area (Å²) in [5, 5.41) is 3.74. The van der Waals surface area contributed by atoms with Gasteiger partial charge in [-0.05, 0) is 49.7 Å². The van der Waals surface area contributed by atoms with E-state index in [0.29, 0.717) is 5.41 Å². The van der Waals surface area contributed by atoms with E-state index in [-0.39, 0.29) is 0 Å². The highest BCUT2D eigenvalue weighted by Crippen LogP contribution is 2.35. The summed E-state index contributed by atoms with van der Waals surface area (Å²) in [7, 11) is 0. The molecule has 1 fully saturated rings.